The molecule has 0 fully saturated rings. The number of halogens is 1. The fourth-order valence-corrected chi connectivity index (χ4v) is 2.36. The topological polar surface area (TPSA) is 58.3 Å². The van der Waals surface area contributed by atoms with E-state index in [9.17, 15) is 0 Å². The van der Waals surface area contributed by atoms with E-state index in [-0.39, 0.29) is 24.0 Å². The van der Waals surface area contributed by atoms with E-state index in [1.807, 2.05) is 48.0 Å². The molecule has 0 unspecified atom stereocenters. The summed E-state index contributed by atoms with van der Waals surface area (Å²) in [5.41, 5.74) is 1.04. The van der Waals surface area contributed by atoms with Crippen molar-refractivity contribution >= 4 is 29.9 Å². The van der Waals surface area contributed by atoms with Crippen LogP contribution < -0.4 is 5.32 Å². The largest absolute Gasteiger partial charge is 0.357 e. The second kappa shape index (κ2) is 11.6. The highest BCUT2D eigenvalue weighted by Crippen LogP contribution is 2.09. The number of hydrogen-bond donors (Lipinski definition) is 1. The third-order valence-corrected chi connectivity index (χ3v) is 3.62. The number of benzene rings is 1. The lowest BCUT2D eigenvalue weighted by molar-refractivity contribution is 0.469. The van der Waals surface area contributed by atoms with Crippen molar-refractivity contribution in [3.05, 3.63) is 55.1 Å². The quantitative estimate of drug-likeness (QED) is 0.219. The van der Waals surface area contributed by atoms with Crippen LogP contribution in [0.5, 0.6) is 0 Å². The van der Waals surface area contributed by atoms with Gasteiger partial charge in [-0.05, 0) is 31.9 Å². The van der Waals surface area contributed by atoms with Crippen LogP contribution in [0, 0.1) is 0 Å². The van der Waals surface area contributed by atoms with Gasteiger partial charge in [-0.2, -0.15) is 0 Å². The lowest BCUT2D eigenvalue weighted by Gasteiger charge is -2.21. The minimum atomic E-state index is 0. The first-order chi connectivity index (χ1) is 11.8. The monoisotopic (exact) mass is 454 g/mol. The molecule has 1 N–H and O–H groups in total. The average molecular weight is 454 g/mol. The van der Waals surface area contributed by atoms with Crippen molar-refractivity contribution in [2.24, 2.45) is 4.99 Å². The second-order valence-corrected chi connectivity index (χ2v) is 5.48. The van der Waals surface area contributed by atoms with Gasteiger partial charge in [-0.3, -0.25) is 4.57 Å². The molecule has 0 aliphatic rings. The van der Waals surface area contributed by atoms with Gasteiger partial charge in [0.25, 0.3) is 0 Å². The maximum Gasteiger partial charge on any atom is 0.194 e. The van der Waals surface area contributed by atoms with E-state index in [2.05, 4.69) is 33.9 Å². The van der Waals surface area contributed by atoms with E-state index in [0.717, 1.165) is 43.4 Å². The van der Waals surface area contributed by atoms with Crippen LogP contribution in [0.4, 0.5) is 0 Å². The number of nitrogens with zero attached hydrogens (tertiary/aromatic N) is 5. The zero-order chi connectivity index (χ0) is 17.2. The van der Waals surface area contributed by atoms with Crippen LogP contribution >= 0.6 is 24.0 Å². The van der Waals surface area contributed by atoms with E-state index in [0.29, 0.717) is 6.54 Å². The number of para-hydroxylation sites is 1. The Labute approximate surface area is 167 Å². The Morgan fingerprint density at radius 3 is 2.80 bits per heavy atom. The Hall–Kier alpha value is -1.90. The highest BCUT2D eigenvalue weighted by atomic mass is 127. The zero-order valence-corrected chi connectivity index (χ0v) is 17.3. The predicted molar refractivity (Wildman–Crippen MR) is 114 cm³/mol. The van der Waals surface area contributed by atoms with Gasteiger partial charge in [-0.25, -0.2) is 4.99 Å². The van der Waals surface area contributed by atoms with Crippen LogP contribution in [0.3, 0.4) is 0 Å². The van der Waals surface area contributed by atoms with Crippen molar-refractivity contribution < 1.29 is 0 Å². The maximum atomic E-state index is 4.70. The summed E-state index contributed by atoms with van der Waals surface area (Å²) >= 11 is 0. The van der Waals surface area contributed by atoms with Crippen LogP contribution in [0.15, 0.2) is 54.3 Å². The standard InChI is InChI=1S/C18H26N6.HI/c1-4-6-10-13-23(3)18(19-5-2)20-14-17-22-21-15-24(17)16-11-8-7-9-12-16;/h4,7-9,11-12,15H,1,5-6,10,13-14H2,2-3H3,(H,19,20);1H. The maximum absolute atomic E-state index is 4.70. The molecule has 7 heteroatoms. The summed E-state index contributed by atoms with van der Waals surface area (Å²) in [5.74, 6) is 1.69. The van der Waals surface area contributed by atoms with Gasteiger partial charge in [0.15, 0.2) is 11.8 Å². The molecule has 1 aromatic carbocycles. The summed E-state index contributed by atoms with van der Waals surface area (Å²) in [6.07, 6.45) is 5.73. The third kappa shape index (κ3) is 6.49. The first kappa shape index (κ1) is 21.1. The van der Waals surface area contributed by atoms with Crippen LogP contribution in [0.25, 0.3) is 5.69 Å². The third-order valence-electron chi connectivity index (χ3n) is 3.62. The zero-order valence-electron chi connectivity index (χ0n) is 14.9. The lowest BCUT2D eigenvalue weighted by atomic mass is 10.3. The van der Waals surface area contributed by atoms with Crippen LogP contribution in [-0.4, -0.2) is 45.8 Å². The van der Waals surface area contributed by atoms with E-state index < -0.39 is 0 Å². The molecule has 1 aromatic heterocycles. The Balaban J connectivity index is 0.00000312. The smallest absolute Gasteiger partial charge is 0.194 e. The van der Waals surface area contributed by atoms with Gasteiger partial charge in [0, 0.05) is 25.8 Å². The number of unbranched alkanes of at least 4 members (excludes halogenated alkanes) is 1. The van der Waals surface area contributed by atoms with Crippen LogP contribution in [0.2, 0.25) is 0 Å². The molecule has 0 saturated heterocycles. The molecule has 2 aromatic rings. The van der Waals surface area contributed by atoms with E-state index in [1.54, 1.807) is 6.33 Å². The molecule has 0 spiro atoms. The fraction of sp³-hybridized carbons (Fsp3) is 0.389. The van der Waals surface area contributed by atoms with Crippen molar-refractivity contribution in [1.82, 2.24) is 25.0 Å². The number of nitrogens with one attached hydrogen (secondary N) is 1. The van der Waals surface area contributed by atoms with Crippen molar-refractivity contribution in [2.45, 2.75) is 26.3 Å². The van der Waals surface area contributed by atoms with Gasteiger partial charge < -0.3 is 10.2 Å². The van der Waals surface area contributed by atoms with Gasteiger partial charge in [-0.1, -0.05) is 24.3 Å². The normalized spacial score (nSPS) is 10.9. The summed E-state index contributed by atoms with van der Waals surface area (Å²) in [5, 5.41) is 11.6. The summed E-state index contributed by atoms with van der Waals surface area (Å²) in [4.78, 5) is 6.84. The number of allylic oxidation sites excluding steroid dienone is 1. The van der Waals surface area contributed by atoms with Gasteiger partial charge in [-0.15, -0.1) is 40.8 Å². The van der Waals surface area contributed by atoms with Crippen molar-refractivity contribution in [3.8, 4) is 5.69 Å². The second-order valence-electron chi connectivity index (χ2n) is 5.48. The first-order valence-electron chi connectivity index (χ1n) is 8.31. The van der Waals surface area contributed by atoms with Gasteiger partial charge in [0.1, 0.15) is 12.9 Å². The van der Waals surface area contributed by atoms with Gasteiger partial charge >= 0.3 is 0 Å². The molecule has 1 heterocycles. The predicted octanol–water partition coefficient (Wildman–Crippen LogP) is 3.25. The molecule has 6 nitrogen and oxygen atoms in total. The Bertz CT molecular complexity index is 653. The highest BCUT2D eigenvalue weighted by Gasteiger charge is 2.08. The number of guanidine groups is 1. The average Bonchev–Trinajstić information content (AvgIpc) is 3.08. The molecule has 0 saturated carbocycles. The summed E-state index contributed by atoms with van der Waals surface area (Å²) in [6, 6.07) is 10.1. The minimum Gasteiger partial charge on any atom is -0.357 e. The SMILES string of the molecule is C=CCCCN(C)C(=NCc1nncn1-c1ccccc1)NCC.I. The number of rotatable bonds is 8. The number of hydrogen-bond acceptors (Lipinski definition) is 3. The summed E-state index contributed by atoms with van der Waals surface area (Å²) < 4.78 is 1.96. The van der Waals surface area contributed by atoms with Crippen molar-refractivity contribution in [3.63, 3.8) is 0 Å². The van der Waals surface area contributed by atoms with Crippen LogP contribution in [-0.2, 0) is 6.54 Å². The molecule has 0 bridgehead atoms. The molecule has 0 aliphatic carbocycles. The molecule has 25 heavy (non-hydrogen) atoms. The molecule has 0 amide bonds. The van der Waals surface area contributed by atoms with E-state index >= 15 is 0 Å². The molecular formula is C18H27IN6. The van der Waals surface area contributed by atoms with E-state index in [4.69, 9.17) is 4.99 Å². The van der Waals surface area contributed by atoms with Gasteiger partial charge in [0.2, 0.25) is 0 Å². The first-order valence-corrected chi connectivity index (χ1v) is 8.31. The molecular weight excluding hydrogens is 427 g/mol. The highest BCUT2D eigenvalue weighted by molar-refractivity contribution is 14.0. The van der Waals surface area contributed by atoms with Crippen molar-refractivity contribution in [1.29, 1.82) is 0 Å². The fourth-order valence-electron chi connectivity index (χ4n) is 2.36. The molecule has 0 radical (unpaired) electrons. The number of aliphatic imine (C=N–C) groups is 1. The Kier molecular flexibility index (Phi) is 9.83. The molecule has 2 rings (SSSR count). The molecule has 136 valence electrons. The molecule has 0 aliphatic heterocycles. The lowest BCUT2D eigenvalue weighted by Crippen LogP contribution is -2.39. The van der Waals surface area contributed by atoms with E-state index in [1.165, 1.54) is 0 Å². The van der Waals surface area contributed by atoms with Crippen LogP contribution in [0.1, 0.15) is 25.6 Å². The molecule has 0 atom stereocenters. The summed E-state index contributed by atoms with van der Waals surface area (Å²) in [6.45, 7) is 8.07. The van der Waals surface area contributed by atoms with Gasteiger partial charge in [0.05, 0.1) is 0 Å². The Morgan fingerprint density at radius 2 is 2.12 bits per heavy atom. The van der Waals surface area contributed by atoms with Crippen molar-refractivity contribution in [2.75, 3.05) is 20.1 Å². The summed E-state index contributed by atoms with van der Waals surface area (Å²) in [7, 11) is 2.05. The number of aromatic nitrogens is 3. The Morgan fingerprint density at radius 1 is 1.36 bits per heavy atom. The minimum absolute atomic E-state index is 0.